The summed E-state index contributed by atoms with van der Waals surface area (Å²) in [5.41, 5.74) is 3.80. The zero-order chi connectivity index (χ0) is 10.4. The molecule has 0 saturated carbocycles. The summed E-state index contributed by atoms with van der Waals surface area (Å²) in [7, 11) is 0. The van der Waals surface area contributed by atoms with Gasteiger partial charge in [-0.3, -0.25) is 0 Å². The number of hydrogen-bond donors (Lipinski definition) is 2. The number of rotatable bonds is 0. The summed E-state index contributed by atoms with van der Waals surface area (Å²) >= 11 is 6.16. The average Bonchev–Trinajstić information content (AvgIpc) is 2.57. The minimum atomic E-state index is 0.546. The lowest BCUT2D eigenvalue weighted by molar-refractivity contribution is 0.511. The van der Waals surface area contributed by atoms with Gasteiger partial charge in [0.15, 0.2) is 0 Å². The largest absolute Gasteiger partial charge is 0.357 e. The van der Waals surface area contributed by atoms with E-state index in [1.54, 1.807) is 0 Å². The summed E-state index contributed by atoms with van der Waals surface area (Å²) in [6.07, 6.45) is 1.06. The van der Waals surface area contributed by atoms with Gasteiger partial charge in [0.1, 0.15) is 0 Å². The first-order valence-corrected chi connectivity index (χ1v) is 5.65. The Morgan fingerprint density at radius 3 is 3.13 bits per heavy atom. The zero-order valence-electron chi connectivity index (χ0n) is 8.60. The second-order valence-corrected chi connectivity index (χ2v) is 4.64. The molecule has 1 atom stereocenters. The molecular weight excluding hydrogens is 208 g/mol. The number of aromatic amines is 1. The van der Waals surface area contributed by atoms with Gasteiger partial charge in [-0.05, 0) is 18.6 Å². The number of fused-ring (bicyclic) bond motifs is 3. The highest BCUT2D eigenvalue weighted by Gasteiger charge is 2.19. The molecule has 0 bridgehead atoms. The Kier molecular flexibility index (Phi) is 2.01. The molecule has 2 aromatic rings. The van der Waals surface area contributed by atoms with Crippen molar-refractivity contribution in [3.05, 3.63) is 34.5 Å². The lowest BCUT2D eigenvalue weighted by atomic mass is 10.0. The van der Waals surface area contributed by atoms with Crippen molar-refractivity contribution in [2.45, 2.75) is 25.9 Å². The van der Waals surface area contributed by atoms with Crippen molar-refractivity contribution < 1.29 is 0 Å². The maximum atomic E-state index is 6.16. The van der Waals surface area contributed by atoms with Crippen LogP contribution in [-0.4, -0.2) is 11.0 Å². The predicted molar refractivity (Wildman–Crippen MR) is 63.3 cm³/mol. The Labute approximate surface area is 93.6 Å². The van der Waals surface area contributed by atoms with Crippen LogP contribution in [0, 0.1) is 0 Å². The van der Waals surface area contributed by atoms with Crippen LogP contribution in [-0.2, 0) is 13.0 Å². The number of H-pyrrole nitrogens is 1. The molecule has 1 aromatic carbocycles. The van der Waals surface area contributed by atoms with E-state index in [9.17, 15) is 0 Å². The van der Waals surface area contributed by atoms with Gasteiger partial charge in [-0.25, -0.2) is 0 Å². The van der Waals surface area contributed by atoms with Crippen LogP contribution in [0.5, 0.6) is 0 Å². The average molecular weight is 221 g/mol. The van der Waals surface area contributed by atoms with Crippen LogP contribution in [0.2, 0.25) is 5.02 Å². The van der Waals surface area contributed by atoms with Crippen LogP contribution in [0.15, 0.2) is 18.2 Å². The molecule has 0 aliphatic carbocycles. The number of benzene rings is 1. The number of aromatic nitrogens is 1. The van der Waals surface area contributed by atoms with E-state index in [0.29, 0.717) is 6.04 Å². The summed E-state index contributed by atoms with van der Waals surface area (Å²) < 4.78 is 0. The van der Waals surface area contributed by atoms with E-state index in [0.717, 1.165) is 23.5 Å². The Bertz CT molecular complexity index is 516. The van der Waals surface area contributed by atoms with Crippen LogP contribution in [0.4, 0.5) is 0 Å². The lowest BCUT2D eigenvalue weighted by Crippen LogP contribution is -2.32. The maximum absolute atomic E-state index is 6.16. The highest BCUT2D eigenvalue weighted by atomic mass is 35.5. The molecule has 15 heavy (non-hydrogen) atoms. The quantitative estimate of drug-likeness (QED) is 0.702. The molecule has 2 heterocycles. The van der Waals surface area contributed by atoms with Gasteiger partial charge in [0.2, 0.25) is 0 Å². The van der Waals surface area contributed by atoms with E-state index in [-0.39, 0.29) is 0 Å². The third-order valence-electron chi connectivity index (χ3n) is 3.12. The first-order valence-electron chi connectivity index (χ1n) is 5.27. The van der Waals surface area contributed by atoms with Gasteiger partial charge >= 0.3 is 0 Å². The molecule has 1 aromatic heterocycles. The Morgan fingerprint density at radius 1 is 1.40 bits per heavy atom. The summed E-state index contributed by atoms with van der Waals surface area (Å²) in [6, 6.07) is 6.62. The number of halogens is 1. The smallest absolute Gasteiger partial charge is 0.0648 e. The molecule has 0 radical (unpaired) electrons. The van der Waals surface area contributed by atoms with Crippen molar-refractivity contribution in [1.82, 2.24) is 10.3 Å². The van der Waals surface area contributed by atoms with Crippen LogP contribution in [0.1, 0.15) is 18.2 Å². The van der Waals surface area contributed by atoms with Crippen LogP contribution in [0.3, 0.4) is 0 Å². The topological polar surface area (TPSA) is 27.8 Å². The van der Waals surface area contributed by atoms with Crippen LogP contribution < -0.4 is 5.32 Å². The third-order valence-corrected chi connectivity index (χ3v) is 3.43. The van der Waals surface area contributed by atoms with Crippen molar-refractivity contribution in [3.63, 3.8) is 0 Å². The summed E-state index contributed by atoms with van der Waals surface area (Å²) in [5.74, 6) is 0. The first kappa shape index (κ1) is 9.25. The van der Waals surface area contributed by atoms with E-state index in [1.807, 2.05) is 12.1 Å². The molecule has 0 fully saturated rings. The molecule has 78 valence electrons. The Morgan fingerprint density at radius 2 is 2.27 bits per heavy atom. The molecule has 1 aliphatic heterocycles. The van der Waals surface area contributed by atoms with Gasteiger partial charge in [-0.15, -0.1) is 0 Å². The zero-order valence-corrected chi connectivity index (χ0v) is 9.36. The normalized spacial score (nSPS) is 20.5. The highest BCUT2D eigenvalue weighted by Crippen LogP contribution is 2.30. The van der Waals surface area contributed by atoms with Gasteiger partial charge < -0.3 is 10.3 Å². The fourth-order valence-electron chi connectivity index (χ4n) is 2.32. The summed E-state index contributed by atoms with van der Waals surface area (Å²) in [4.78, 5) is 3.44. The molecule has 0 amide bonds. The molecule has 3 heteroatoms. The summed E-state index contributed by atoms with van der Waals surface area (Å²) in [5, 5.41) is 5.55. The third kappa shape index (κ3) is 1.36. The summed E-state index contributed by atoms with van der Waals surface area (Å²) in [6.45, 7) is 3.15. The minimum Gasteiger partial charge on any atom is -0.357 e. The van der Waals surface area contributed by atoms with Crippen LogP contribution in [0.25, 0.3) is 10.9 Å². The molecule has 2 N–H and O–H groups in total. The molecule has 0 spiro atoms. The van der Waals surface area contributed by atoms with E-state index in [2.05, 4.69) is 23.3 Å². The van der Waals surface area contributed by atoms with Crippen molar-refractivity contribution in [2.75, 3.05) is 0 Å². The molecule has 2 nitrogen and oxygen atoms in total. The monoisotopic (exact) mass is 220 g/mol. The lowest BCUT2D eigenvalue weighted by Gasteiger charge is -2.20. The fourth-order valence-corrected chi connectivity index (χ4v) is 2.54. The van der Waals surface area contributed by atoms with Gasteiger partial charge in [0.25, 0.3) is 0 Å². The van der Waals surface area contributed by atoms with Crippen molar-refractivity contribution in [1.29, 1.82) is 0 Å². The Balaban J connectivity index is 2.27. The van der Waals surface area contributed by atoms with E-state index in [1.165, 1.54) is 16.6 Å². The predicted octanol–water partition coefficient (Wildman–Crippen LogP) is 2.86. The van der Waals surface area contributed by atoms with Crippen LogP contribution >= 0.6 is 11.6 Å². The van der Waals surface area contributed by atoms with Crippen molar-refractivity contribution in [2.24, 2.45) is 0 Å². The van der Waals surface area contributed by atoms with Gasteiger partial charge in [0.05, 0.1) is 10.5 Å². The first-order chi connectivity index (χ1) is 7.25. The highest BCUT2D eigenvalue weighted by molar-refractivity contribution is 6.35. The Hall–Kier alpha value is -0.990. The molecule has 3 rings (SSSR count). The SMILES string of the molecule is CC1Cc2[nH]c3c(Cl)cccc3c2CN1. The number of hydrogen-bond acceptors (Lipinski definition) is 1. The maximum Gasteiger partial charge on any atom is 0.0648 e. The van der Waals surface area contributed by atoms with Crippen molar-refractivity contribution in [3.8, 4) is 0 Å². The van der Waals surface area contributed by atoms with Gasteiger partial charge in [-0.2, -0.15) is 0 Å². The minimum absolute atomic E-state index is 0.546. The second kappa shape index (κ2) is 3.26. The van der Waals surface area contributed by atoms with Gasteiger partial charge in [-0.1, -0.05) is 23.7 Å². The standard InChI is InChI=1S/C12H13ClN2/c1-7-5-11-9(6-14-7)8-3-2-4-10(13)12(8)15-11/h2-4,7,14-15H,5-6H2,1H3. The fraction of sp³-hybridized carbons (Fsp3) is 0.333. The van der Waals surface area contributed by atoms with E-state index in [4.69, 9.17) is 11.6 Å². The number of nitrogens with one attached hydrogen (secondary N) is 2. The second-order valence-electron chi connectivity index (χ2n) is 4.23. The molecule has 1 unspecified atom stereocenters. The molecular formula is C12H13ClN2. The molecule has 0 saturated heterocycles. The number of para-hydroxylation sites is 1. The van der Waals surface area contributed by atoms with Crippen molar-refractivity contribution >= 4 is 22.5 Å². The van der Waals surface area contributed by atoms with Gasteiger partial charge in [0, 0.05) is 30.1 Å². The van der Waals surface area contributed by atoms with E-state index >= 15 is 0 Å². The molecule has 1 aliphatic rings. The van der Waals surface area contributed by atoms with E-state index < -0.39 is 0 Å².